The molecule has 4 rings (SSSR count). The molecule has 0 bridgehead atoms. The van der Waals surface area contributed by atoms with Gasteiger partial charge < -0.3 is 14.4 Å². The smallest absolute Gasteiger partial charge is 0.224 e. The predicted molar refractivity (Wildman–Crippen MR) is 160 cm³/mol. The summed E-state index contributed by atoms with van der Waals surface area (Å²) >= 11 is 0. The van der Waals surface area contributed by atoms with Crippen LogP contribution in [-0.2, 0) is 18.0 Å². The van der Waals surface area contributed by atoms with Crippen molar-refractivity contribution in [1.82, 2.24) is 9.55 Å². The highest BCUT2D eigenvalue weighted by atomic mass is 16.2. The van der Waals surface area contributed by atoms with E-state index >= 15 is 0 Å². The number of nitrogens with zero attached hydrogens (tertiary/aromatic N) is 4. The maximum Gasteiger partial charge on any atom is 0.224 e. The van der Waals surface area contributed by atoms with Gasteiger partial charge in [0.25, 0.3) is 0 Å². The van der Waals surface area contributed by atoms with E-state index in [1.54, 1.807) is 6.92 Å². The molecule has 0 spiro atoms. The van der Waals surface area contributed by atoms with Crippen LogP contribution in [0.3, 0.4) is 0 Å². The van der Waals surface area contributed by atoms with Gasteiger partial charge in [-0.2, -0.15) is 0 Å². The fourth-order valence-electron chi connectivity index (χ4n) is 4.99. The molecule has 38 heavy (non-hydrogen) atoms. The number of hydrogen-bond donors (Lipinski definition) is 0. The first kappa shape index (κ1) is 27.4. The third-order valence-corrected chi connectivity index (χ3v) is 7.33. The molecule has 0 aliphatic carbocycles. The molecule has 2 aromatic carbocycles. The summed E-state index contributed by atoms with van der Waals surface area (Å²) in [5, 5.41) is 1.22. The number of carbonyl (C=O) groups is 1. The second kappa shape index (κ2) is 11.4. The fraction of sp³-hybridized carbons (Fsp3) is 0.394. The van der Waals surface area contributed by atoms with E-state index in [4.69, 9.17) is 4.98 Å². The monoisotopic (exact) mass is 510 g/mol. The Morgan fingerprint density at radius 3 is 2.24 bits per heavy atom. The van der Waals surface area contributed by atoms with Crippen LogP contribution in [0.4, 0.5) is 11.4 Å². The summed E-state index contributed by atoms with van der Waals surface area (Å²) in [6, 6.07) is 19.3. The first-order valence-electron chi connectivity index (χ1n) is 13.7. The van der Waals surface area contributed by atoms with Gasteiger partial charge in [0.15, 0.2) is 0 Å². The third kappa shape index (κ3) is 5.93. The van der Waals surface area contributed by atoms with Gasteiger partial charge in [-0.3, -0.25) is 4.79 Å². The zero-order valence-electron chi connectivity index (χ0n) is 24.2. The van der Waals surface area contributed by atoms with Crippen molar-refractivity contribution in [3.8, 4) is 0 Å². The van der Waals surface area contributed by atoms with Crippen LogP contribution in [0.25, 0.3) is 11.0 Å². The molecule has 0 saturated heterocycles. The molecule has 0 saturated carbocycles. The highest BCUT2D eigenvalue weighted by Gasteiger charge is 2.17. The molecule has 1 amide bonds. The summed E-state index contributed by atoms with van der Waals surface area (Å²) < 4.78 is 2.24. The van der Waals surface area contributed by atoms with Crippen molar-refractivity contribution >= 4 is 28.3 Å². The van der Waals surface area contributed by atoms with Crippen molar-refractivity contribution in [3.63, 3.8) is 0 Å². The van der Waals surface area contributed by atoms with Crippen LogP contribution in [0.2, 0.25) is 0 Å². The second-order valence-corrected chi connectivity index (χ2v) is 11.4. The zero-order valence-corrected chi connectivity index (χ0v) is 24.2. The van der Waals surface area contributed by atoms with Crippen LogP contribution < -0.4 is 9.80 Å². The number of anilines is 2. The molecule has 0 unspecified atom stereocenters. The van der Waals surface area contributed by atoms with Gasteiger partial charge in [0, 0.05) is 43.1 Å². The number of hydrogen-bond acceptors (Lipinski definition) is 3. The van der Waals surface area contributed by atoms with Gasteiger partial charge in [-0.15, -0.1) is 0 Å². The summed E-state index contributed by atoms with van der Waals surface area (Å²) in [5.74, 6) is 1.25. The van der Waals surface area contributed by atoms with Gasteiger partial charge in [0.05, 0.1) is 13.2 Å². The lowest BCUT2D eigenvalue weighted by molar-refractivity contribution is -0.116. The maximum atomic E-state index is 12.8. The van der Waals surface area contributed by atoms with Crippen molar-refractivity contribution in [2.75, 3.05) is 16.8 Å². The van der Waals surface area contributed by atoms with Crippen LogP contribution in [0, 0.1) is 0 Å². The molecular weight excluding hydrogens is 468 g/mol. The molecule has 0 atom stereocenters. The first-order valence-corrected chi connectivity index (χ1v) is 13.7. The lowest BCUT2D eigenvalue weighted by Crippen LogP contribution is -2.28. The van der Waals surface area contributed by atoms with E-state index in [1.807, 2.05) is 29.3 Å². The van der Waals surface area contributed by atoms with Crippen molar-refractivity contribution < 1.29 is 4.79 Å². The third-order valence-electron chi connectivity index (χ3n) is 7.33. The Kier molecular flexibility index (Phi) is 8.25. The minimum absolute atomic E-state index is 0.0434. The van der Waals surface area contributed by atoms with Gasteiger partial charge in [-0.05, 0) is 76.4 Å². The molecule has 5 nitrogen and oxygen atoms in total. The number of benzene rings is 2. The average Bonchev–Trinajstić information content (AvgIpc) is 3.25. The lowest BCUT2D eigenvalue weighted by atomic mass is 9.98. The maximum absolute atomic E-state index is 12.8. The van der Waals surface area contributed by atoms with Crippen LogP contribution >= 0.6 is 0 Å². The van der Waals surface area contributed by atoms with Gasteiger partial charge in [0.2, 0.25) is 5.91 Å². The molecule has 200 valence electrons. The summed E-state index contributed by atoms with van der Waals surface area (Å²) in [6.45, 7) is 16.1. The summed E-state index contributed by atoms with van der Waals surface area (Å²) in [6.07, 6.45) is 4.11. The Morgan fingerprint density at radius 1 is 0.868 bits per heavy atom. The van der Waals surface area contributed by atoms with Crippen LogP contribution in [-0.4, -0.2) is 22.5 Å². The fourth-order valence-corrected chi connectivity index (χ4v) is 4.99. The van der Waals surface area contributed by atoms with E-state index in [0.29, 0.717) is 31.0 Å². The first-order chi connectivity index (χ1) is 18.0. The number of rotatable bonds is 9. The molecule has 2 aromatic heterocycles. The van der Waals surface area contributed by atoms with Crippen LogP contribution in [0.15, 0.2) is 67.0 Å². The Hall–Kier alpha value is -3.60. The predicted octanol–water partition coefficient (Wildman–Crippen LogP) is 8.05. The zero-order chi connectivity index (χ0) is 27.6. The topological polar surface area (TPSA) is 41.4 Å². The van der Waals surface area contributed by atoms with Crippen molar-refractivity contribution in [1.29, 1.82) is 0 Å². The minimum atomic E-state index is 0.0434. The van der Waals surface area contributed by atoms with E-state index < -0.39 is 0 Å². The van der Waals surface area contributed by atoms with Gasteiger partial charge in [-0.1, -0.05) is 59.7 Å². The van der Waals surface area contributed by atoms with E-state index in [1.165, 1.54) is 22.1 Å². The van der Waals surface area contributed by atoms with Crippen LogP contribution in [0.5, 0.6) is 0 Å². The number of pyridine rings is 1. The van der Waals surface area contributed by atoms with Gasteiger partial charge >= 0.3 is 0 Å². The SMILES string of the molecule is CC(=O)N(Cc1cc(C(C)C)cc(N(C)Cn2cc(C(C)C)c3cccnc32)c1)c1cccc(C(C)C)c1. The summed E-state index contributed by atoms with van der Waals surface area (Å²) in [7, 11) is 2.13. The van der Waals surface area contributed by atoms with Gasteiger partial charge in [0.1, 0.15) is 5.65 Å². The Balaban J connectivity index is 1.68. The molecule has 5 heteroatoms. The Morgan fingerprint density at radius 2 is 1.58 bits per heavy atom. The minimum Gasteiger partial charge on any atom is -0.357 e. The normalized spacial score (nSPS) is 11.7. The molecule has 0 N–H and O–H groups in total. The molecular formula is C33H42N4O. The van der Waals surface area contributed by atoms with E-state index in [-0.39, 0.29) is 5.91 Å². The number of aromatic nitrogens is 2. The molecule has 4 aromatic rings. The van der Waals surface area contributed by atoms with Crippen molar-refractivity contribution in [2.45, 2.75) is 79.4 Å². The average molecular weight is 511 g/mol. The Labute approximate surface area is 228 Å². The molecule has 0 aliphatic heterocycles. The molecule has 0 radical (unpaired) electrons. The second-order valence-electron chi connectivity index (χ2n) is 11.4. The number of carbonyl (C=O) groups excluding carboxylic acids is 1. The highest BCUT2D eigenvalue weighted by molar-refractivity contribution is 5.91. The standard InChI is InChI=1S/C33H42N4O/c1-22(2)27-11-9-12-29(17-27)37(25(7)38)19-26-15-28(23(3)4)18-30(16-26)35(8)21-36-20-32(24(5)6)31-13-10-14-34-33(31)36/h9-18,20,22-24H,19,21H2,1-8H3. The molecule has 0 fully saturated rings. The molecule has 0 aliphatic rings. The Bertz CT molecular complexity index is 1420. The lowest BCUT2D eigenvalue weighted by Gasteiger charge is -2.26. The highest BCUT2D eigenvalue weighted by Crippen LogP contribution is 2.30. The largest absolute Gasteiger partial charge is 0.357 e. The number of fused-ring (bicyclic) bond motifs is 1. The van der Waals surface area contributed by atoms with Crippen molar-refractivity contribution in [2.24, 2.45) is 0 Å². The van der Waals surface area contributed by atoms with Crippen molar-refractivity contribution in [3.05, 3.63) is 89.2 Å². The quantitative estimate of drug-likeness (QED) is 0.229. The van der Waals surface area contributed by atoms with E-state index in [0.717, 1.165) is 22.6 Å². The van der Waals surface area contributed by atoms with E-state index in [9.17, 15) is 4.79 Å². The van der Waals surface area contributed by atoms with Gasteiger partial charge in [-0.25, -0.2) is 4.98 Å². The molecule has 2 heterocycles. The van der Waals surface area contributed by atoms with E-state index in [2.05, 4.69) is 101 Å². The summed E-state index contributed by atoms with van der Waals surface area (Å²) in [4.78, 5) is 21.6. The number of amides is 1. The van der Waals surface area contributed by atoms with Crippen LogP contribution in [0.1, 0.15) is 88.5 Å². The summed E-state index contributed by atoms with van der Waals surface area (Å²) in [5.41, 5.74) is 8.03.